The van der Waals surface area contributed by atoms with Gasteiger partial charge >= 0.3 is 0 Å². The molecule has 1 aromatic heterocycles. The molecule has 1 aliphatic rings. The molecular weight excluding hydrogens is 318 g/mol. The fourth-order valence-electron chi connectivity index (χ4n) is 2.88. The highest BCUT2D eigenvalue weighted by Crippen LogP contribution is 2.32. The van der Waals surface area contributed by atoms with Crippen molar-refractivity contribution in [2.24, 2.45) is 5.10 Å². The van der Waals surface area contributed by atoms with Crippen molar-refractivity contribution in [3.8, 4) is 0 Å². The number of aryl methyl sites for hydroxylation is 1. The lowest BCUT2D eigenvalue weighted by Gasteiger charge is -2.18. The van der Waals surface area contributed by atoms with Gasteiger partial charge in [0.05, 0.1) is 25.1 Å². The zero-order chi connectivity index (χ0) is 17.6. The van der Waals surface area contributed by atoms with Crippen molar-refractivity contribution in [2.45, 2.75) is 19.4 Å². The number of hydrogen-bond acceptors (Lipinski definition) is 4. The lowest BCUT2D eigenvalue weighted by atomic mass is 10.0. The van der Waals surface area contributed by atoms with Gasteiger partial charge < -0.3 is 14.5 Å². The van der Waals surface area contributed by atoms with Crippen LogP contribution in [0.25, 0.3) is 0 Å². The standard InChI is InChI=1S/C19H23N3O3/c1-14-5-7-15(8-6-14)16-12-17(18-4-3-10-25-18)22(21-16)19(23)13-20-9-11-24-2/h3-8,10,17,20H,9,11-13H2,1-2H3/p+1/t17-/m1/s1. The van der Waals surface area contributed by atoms with Gasteiger partial charge in [0.2, 0.25) is 0 Å². The number of nitrogens with zero attached hydrogens (tertiary/aromatic N) is 2. The normalized spacial score (nSPS) is 17.0. The molecule has 0 spiro atoms. The minimum Gasteiger partial charge on any atom is -0.467 e. The van der Waals surface area contributed by atoms with E-state index in [4.69, 9.17) is 9.15 Å². The molecule has 0 aliphatic carbocycles. The molecule has 3 rings (SSSR count). The van der Waals surface area contributed by atoms with Crippen molar-refractivity contribution in [1.29, 1.82) is 0 Å². The minimum absolute atomic E-state index is 0.0281. The topological polar surface area (TPSA) is 71.7 Å². The lowest BCUT2D eigenvalue weighted by molar-refractivity contribution is -0.646. The van der Waals surface area contributed by atoms with Gasteiger partial charge in [0.1, 0.15) is 11.8 Å². The van der Waals surface area contributed by atoms with Crippen molar-refractivity contribution >= 4 is 11.6 Å². The minimum atomic E-state index is -0.186. The van der Waals surface area contributed by atoms with Crippen molar-refractivity contribution in [2.75, 3.05) is 26.8 Å². The maximum absolute atomic E-state index is 12.7. The number of methoxy groups -OCH3 is 1. The van der Waals surface area contributed by atoms with Crippen molar-refractivity contribution < 1.29 is 19.3 Å². The van der Waals surface area contributed by atoms with Crippen LogP contribution in [0, 0.1) is 6.92 Å². The van der Waals surface area contributed by atoms with E-state index in [-0.39, 0.29) is 11.9 Å². The van der Waals surface area contributed by atoms with Crippen LogP contribution < -0.4 is 5.32 Å². The summed E-state index contributed by atoms with van der Waals surface area (Å²) in [7, 11) is 1.65. The second-order valence-electron chi connectivity index (χ2n) is 6.16. The largest absolute Gasteiger partial charge is 0.467 e. The number of quaternary nitrogens is 1. The summed E-state index contributed by atoms with van der Waals surface area (Å²) in [5.74, 6) is 0.732. The predicted molar refractivity (Wildman–Crippen MR) is 94.2 cm³/mol. The molecule has 1 atom stereocenters. The van der Waals surface area contributed by atoms with E-state index in [0.717, 1.165) is 23.6 Å². The summed E-state index contributed by atoms with van der Waals surface area (Å²) in [6.07, 6.45) is 2.28. The summed E-state index contributed by atoms with van der Waals surface area (Å²) in [6.45, 7) is 3.76. The van der Waals surface area contributed by atoms with Crippen molar-refractivity contribution in [3.05, 3.63) is 59.5 Å². The molecule has 1 aliphatic heterocycles. The Labute approximate surface area is 147 Å². The molecule has 132 valence electrons. The molecule has 1 aromatic carbocycles. The molecule has 0 radical (unpaired) electrons. The van der Waals surface area contributed by atoms with Crippen LogP contribution >= 0.6 is 0 Å². The highest BCUT2D eigenvalue weighted by atomic mass is 16.5. The predicted octanol–water partition coefficient (Wildman–Crippen LogP) is 1.48. The SMILES string of the molecule is COCC[NH2+]CC(=O)N1N=C(c2ccc(C)cc2)C[C@@H]1c1ccco1. The van der Waals surface area contributed by atoms with E-state index in [1.54, 1.807) is 18.4 Å². The van der Waals surface area contributed by atoms with Crippen LogP contribution in [-0.4, -0.2) is 43.4 Å². The van der Waals surface area contributed by atoms with Gasteiger partial charge in [-0.15, -0.1) is 0 Å². The molecule has 25 heavy (non-hydrogen) atoms. The van der Waals surface area contributed by atoms with E-state index in [2.05, 4.69) is 24.2 Å². The Kier molecular flexibility index (Phi) is 5.63. The molecule has 0 bridgehead atoms. The van der Waals surface area contributed by atoms with Gasteiger partial charge in [-0.2, -0.15) is 5.10 Å². The van der Waals surface area contributed by atoms with Crippen LogP contribution in [0.2, 0.25) is 0 Å². The summed E-state index contributed by atoms with van der Waals surface area (Å²) in [5, 5.41) is 8.12. The maximum Gasteiger partial charge on any atom is 0.298 e. The summed E-state index contributed by atoms with van der Waals surface area (Å²) in [6, 6.07) is 11.8. The highest BCUT2D eigenvalue weighted by molar-refractivity contribution is 6.03. The lowest BCUT2D eigenvalue weighted by Crippen LogP contribution is -2.87. The first kappa shape index (κ1) is 17.4. The number of amides is 1. The molecule has 6 nitrogen and oxygen atoms in total. The monoisotopic (exact) mass is 342 g/mol. The summed E-state index contributed by atoms with van der Waals surface area (Å²) in [5.41, 5.74) is 3.15. The molecule has 1 amide bonds. The first-order chi connectivity index (χ1) is 12.2. The number of ether oxygens (including phenoxy) is 1. The first-order valence-corrected chi connectivity index (χ1v) is 8.49. The molecule has 0 unspecified atom stereocenters. The highest BCUT2D eigenvalue weighted by Gasteiger charge is 2.35. The van der Waals surface area contributed by atoms with Crippen LogP contribution in [0.1, 0.15) is 29.3 Å². The van der Waals surface area contributed by atoms with E-state index in [9.17, 15) is 4.79 Å². The van der Waals surface area contributed by atoms with Gasteiger partial charge in [-0.25, -0.2) is 5.01 Å². The van der Waals surface area contributed by atoms with Crippen LogP contribution in [0.4, 0.5) is 0 Å². The van der Waals surface area contributed by atoms with Crippen LogP contribution in [0.3, 0.4) is 0 Å². The summed E-state index contributed by atoms with van der Waals surface area (Å²) < 4.78 is 10.6. The van der Waals surface area contributed by atoms with E-state index in [1.165, 1.54) is 5.56 Å². The summed E-state index contributed by atoms with van der Waals surface area (Å²) in [4.78, 5) is 12.7. The van der Waals surface area contributed by atoms with Gasteiger partial charge in [-0.05, 0) is 24.6 Å². The third-order valence-electron chi connectivity index (χ3n) is 4.27. The van der Waals surface area contributed by atoms with Gasteiger partial charge in [0, 0.05) is 13.5 Å². The first-order valence-electron chi connectivity index (χ1n) is 8.49. The number of furan rings is 1. The van der Waals surface area contributed by atoms with E-state index in [0.29, 0.717) is 19.6 Å². The van der Waals surface area contributed by atoms with Crippen LogP contribution in [-0.2, 0) is 9.53 Å². The number of hydrogen-bond donors (Lipinski definition) is 1. The van der Waals surface area contributed by atoms with E-state index in [1.807, 2.05) is 29.6 Å². The maximum atomic E-state index is 12.7. The zero-order valence-electron chi connectivity index (χ0n) is 14.6. The Morgan fingerprint density at radius 2 is 2.16 bits per heavy atom. The average Bonchev–Trinajstić information content (AvgIpc) is 3.28. The Hall–Kier alpha value is -2.44. The Bertz CT molecular complexity index is 723. The molecule has 0 fully saturated rings. The van der Waals surface area contributed by atoms with Gasteiger partial charge in [0.15, 0.2) is 6.54 Å². The Morgan fingerprint density at radius 1 is 1.36 bits per heavy atom. The average molecular weight is 342 g/mol. The van der Waals surface area contributed by atoms with Crippen LogP contribution in [0.15, 0.2) is 52.2 Å². The summed E-state index contributed by atoms with van der Waals surface area (Å²) >= 11 is 0. The van der Waals surface area contributed by atoms with Gasteiger partial charge in [-0.3, -0.25) is 4.79 Å². The number of rotatable bonds is 7. The number of nitrogens with two attached hydrogens (primary N) is 1. The van der Waals surface area contributed by atoms with E-state index < -0.39 is 0 Å². The second-order valence-corrected chi connectivity index (χ2v) is 6.16. The van der Waals surface area contributed by atoms with E-state index >= 15 is 0 Å². The molecule has 2 heterocycles. The van der Waals surface area contributed by atoms with Gasteiger partial charge in [-0.1, -0.05) is 29.8 Å². The molecule has 0 saturated carbocycles. The number of hydrazone groups is 1. The molecule has 0 saturated heterocycles. The zero-order valence-corrected chi connectivity index (χ0v) is 14.6. The van der Waals surface area contributed by atoms with Crippen molar-refractivity contribution in [3.63, 3.8) is 0 Å². The smallest absolute Gasteiger partial charge is 0.298 e. The fraction of sp³-hybridized carbons (Fsp3) is 0.368. The molecule has 2 aromatic rings. The Balaban J connectivity index is 1.77. The number of carbonyl (C=O) groups is 1. The quantitative estimate of drug-likeness (QED) is 0.775. The molecular formula is C19H24N3O3+. The molecule has 2 N–H and O–H groups in total. The molecule has 6 heteroatoms. The third kappa shape index (κ3) is 4.15. The Morgan fingerprint density at radius 3 is 2.84 bits per heavy atom. The fourth-order valence-corrected chi connectivity index (χ4v) is 2.88. The second kappa shape index (κ2) is 8.09. The number of carbonyl (C=O) groups excluding carboxylic acids is 1. The van der Waals surface area contributed by atoms with Crippen molar-refractivity contribution in [1.82, 2.24) is 5.01 Å². The van der Waals surface area contributed by atoms with Crippen LogP contribution in [0.5, 0.6) is 0 Å². The number of benzene rings is 1. The van der Waals surface area contributed by atoms with Gasteiger partial charge in [0.25, 0.3) is 5.91 Å². The third-order valence-corrected chi connectivity index (χ3v) is 4.27.